The van der Waals surface area contributed by atoms with E-state index >= 15 is 0 Å². The van der Waals surface area contributed by atoms with Gasteiger partial charge >= 0.3 is 0 Å². The van der Waals surface area contributed by atoms with Crippen LogP contribution in [0.1, 0.15) is 11.4 Å². The first kappa shape index (κ1) is 13.5. The van der Waals surface area contributed by atoms with Crippen LogP contribution in [0.25, 0.3) is 5.52 Å². The molecule has 23 heavy (non-hydrogen) atoms. The van der Waals surface area contributed by atoms with E-state index in [2.05, 4.69) is 20.0 Å². The van der Waals surface area contributed by atoms with E-state index in [1.165, 1.54) is 0 Å². The fourth-order valence-corrected chi connectivity index (χ4v) is 2.70. The Kier molecular flexibility index (Phi) is 3.08. The Morgan fingerprint density at radius 2 is 2.13 bits per heavy atom. The van der Waals surface area contributed by atoms with E-state index in [0.717, 1.165) is 30.1 Å². The van der Waals surface area contributed by atoms with Crippen LogP contribution in [0.3, 0.4) is 0 Å². The number of fused-ring (bicyclic) bond motifs is 1. The highest BCUT2D eigenvalue weighted by atomic mass is 16.5. The molecular formula is C16H14N6O. The maximum atomic E-state index is 8.87. The molecule has 1 fully saturated rings. The van der Waals surface area contributed by atoms with Crippen molar-refractivity contribution in [3.63, 3.8) is 0 Å². The van der Waals surface area contributed by atoms with E-state index < -0.39 is 0 Å². The van der Waals surface area contributed by atoms with Gasteiger partial charge in [0.15, 0.2) is 5.82 Å². The molecule has 1 saturated heterocycles. The van der Waals surface area contributed by atoms with E-state index in [1.54, 1.807) is 24.5 Å². The summed E-state index contributed by atoms with van der Waals surface area (Å²) in [5, 5.41) is 13.3. The predicted molar refractivity (Wildman–Crippen MR) is 83.3 cm³/mol. The largest absolute Gasteiger partial charge is 0.487 e. The number of hydrogen-bond donors (Lipinski definition) is 0. The van der Waals surface area contributed by atoms with Gasteiger partial charge in [-0.3, -0.25) is 0 Å². The third-order valence-electron chi connectivity index (χ3n) is 3.79. The summed E-state index contributed by atoms with van der Waals surface area (Å²) < 4.78 is 7.72. The Labute approximate surface area is 132 Å². The number of anilines is 1. The van der Waals surface area contributed by atoms with Crippen LogP contribution in [0.5, 0.6) is 5.75 Å². The Balaban J connectivity index is 1.47. The zero-order valence-electron chi connectivity index (χ0n) is 12.5. The number of pyridine rings is 1. The molecule has 0 amide bonds. The molecular weight excluding hydrogens is 292 g/mol. The van der Waals surface area contributed by atoms with Crippen molar-refractivity contribution in [2.75, 3.05) is 18.0 Å². The molecule has 4 rings (SSSR count). The molecule has 1 aliphatic rings. The summed E-state index contributed by atoms with van der Waals surface area (Å²) >= 11 is 0. The molecule has 0 aliphatic carbocycles. The van der Waals surface area contributed by atoms with E-state index in [4.69, 9.17) is 10.00 Å². The minimum atomic E-state index is 0.0787. The van der Waals surface area contributed by atoms with Gasteiger partial charge in [-0.2, -0.15) is 10.4 Å². The SMILES string of the molecule is Cc1cc2c(N3CC(Oc4ccnc(C#N)c4)C3)nccn2n1. The maximum Gasteiger partial charge on any atom is 0.154 e. The Bertz CT molecular complexity index is 906. The van der Waals surface area contributed by atoms with Crippen molar-refractivity contribution in [2.24, 2.45) is 0 Å². The number of hydrogen-bond acceptors (Lipinski definition) is 6. The number of nitriles is 1. The van der Waals surface area contributed by atoms with Gasteiger partial charge in [-0.1, -0.05) is 0 Å². The van der Waals surface area contributed by atoms with Crippen molar-refractivity contribution in [2.45, 2.75) is 13.0 Å². The predicted octanol–water partition coefficient (Wildman–Crippen LogP) is 1.57. The van der Waals surface area contributed by atoms with Crippen molar-refractivity contribution in [1.82, 2.24) is 19.6 Å². The van der Waals surface area contributed by atoms with Gasteiger partial charge in [-0.05, 0) is 19.1 Å². The summed E-state index contributed by atoms with van der Waals surface area (Å²) in [6.07, 6.45) is 5.27. The van der Waals surface area contributed by atoms with Crippen LogP contribution in [-0.4, -0.2) is 38.8 Å². The molecule has 114 valence electrons. The molecule has 1 aliphatic heterocycles. The van der Waals surface area contributed by atoms with Gasteiger partial charge in [0.05, 0.1) is 18.8 Å². The maximum absolute atomic E-state index is 8.87. The highest BCUT2D eigenvalue weighted by molar-refractivity contribution is 5.70. The molecule has 0 bridgehead atoms. The second kappa shape index (κ2) is 5.25. The van der Waals surface area contributed by atoms with Crippen LogP contribution in [0.2, 0.25) is 0 Å². The molecule has 7 heteroatoms. The number of aryl methyl sites for hydroxylation is 1. The Hall–Kier alpha value is -3.14. The third-order valence-corrected chi connectivity index (χ3v) is 3.79. The molecule has 0 atom stereocenters. The minimum Gasteiger partial charge on any atom is -0.487 e. The second-order valence-electron chi connectivity index (χ2n) is 5.50. The number of aromatic nitrogens is 4. The Morgan fingerprint density at radius 1 is 1.26 bits per heavy atom. The molecule has 7 nitrogen and oxygen atoms in total. The summed E-state index contributed by atoms with van der Waals surface area (Å²) in [7, 11) is 0. The lowest BCUT2D eigenvalue weighted by molar-refractivity contribution is 0.167. The number of ether oxygens (including phenoxy) is 1. The molecule has 4 heterocycles. The molecule has 0 saturated carbocycles. The molecule has 0 radical (unpaired) electrons. The first-order valence-corrected chi connectivity index (χ1v) is 7.32. The highest BCUT2D eigenvalue weighted by Crippen LogP contribution is 2.26. The number of rotatable bonds is 3. The number of nitrogens with zero attached hydrogens (tertiary/aromatic N) is 6. The quantitative estimate of drug-likeness (QED) is 0.731. The van der Waals surface area contributed by atoms with Crippen LogP contribution < -0.4 is 9.64 Å². The normalized spacial score (nSPS) is 14.5. The first-order chi connectivity index (χ1) is 11.2. The zero-order valence-corrected chi connectivity index (χ0v) is 12.5. The summed E-state index contributed by atoms with van der Waals surface area (Å²) in [5.41, 5.74) is 2.33. The van der Waals surface area contributed by atoms with Gasteiger partial charge in [0.1, 0.15) is 29.1 Å². The minimum absolute atomic E-state index is 0.0787. The van der Waals surface area contributed by atoms with E-state index in [-0.39, 0.29) is 6.10 Å². The van der Waals surface area contributed by atoms with Crippen LogP contribution in [-0.2, 0) is 0 Å². The lowest BCUT2D eigenvalue weighted by Crippen LogP contribution is -2.54. The zero-order chi connectivity index (χ0) is 15.8. The fourth-order valence-electron chi connectivity index (χ4n) is 2.70. The van der Waals surface area contributed by atoms with Gasteiger partial charge in [-0.25, -0.2) is 14.5 Å². The average Bonchev–Trinajstić information content (AvgIpc) is 2.91. The summed E-state index contributed by atoms with van der Waals surface area (Å²) in [6, 6.07) is 7.46. The fraction of sp³-hybridized carbons (Fsp3) is 0.250. The van der Waals surface area contributed by atoms with Crippen LogP contribution >= 0.6 is 0 Å². The van der Waals surface area contributed by atoms with Gasteiger partial charge in [-0.15, -0.1) is 0 Å². The van der Waals surface area contributed by atoms with Crippen LogP contribution in [0.15, 0.2) is 36.8 Å². The van der Waals surface area contributed by atoms with Gasteiger partial charge in [0.2, 0.25) is 0 Å². The molecule has 0 unspecified atom stereocenters. The van der Waals surface area contributed by atoms with E-state index in [0.29, 0.717) is 11.4 Å². The second-order valence-corrected chi connectivity index (χ2v) is 5.50. The van der Waals surface area contributed by atoms with Crippen LogP contribution in [0, 0.1) is 18.3 Å². The molecule has 0 aromatic carbocycles. The van der Waals surface area contributed by atoms with E-state index in [9.17, 15) is 0 Å². The van der Waals surface area contributed by atoms with Crippen LogP contribution in [0.4, 0.5) is 5.82 Å². The van der Waals surface area contributed by atoms with E-state index in [1.807, 2.05) is 29.8 Å². The lowest BCUT2D eigenvalue weighted by atomic mass is 10.1. The van der Waals surface area contributed by atoms with Gasteiger partial charge in [0.25, 0.3) is 0 Å². The standard InChI is InChI=1S/C16H14N6O/c1-11-6-15-16(19-4-5-22(15)20-11)21-9-14(10-21)23-13-2-3-18-12(7-13)8-17/h2-7,14H,9-10H2,1H3. The molecule has 3 aromatic rings. The molecule has 3 aromatic heterocycles. The van der Waals surface area contributed by atoms with Crippen molar-refractivity contribution in [1.29, 1.82) is 5.26 Å². The molecule has 0 N–H and O–H groups in total. The van der Waals surface area contributed by atoms with Crippen molar-refractivity contribution in [3.05, 3.63) is 48.2 Å². The van der Waals surface area contributed by atoms with Gasteiger partial charge in [0, 0.05) is 24.7 Å². The summed E-state index contributed by atoms with van der Waals surface area (Å²) in [5.74, 6) is 1.59. The molecule has 0 spiro atoms. The van der Waals surface area contributed by atoms with Crippen molar-refractivity contribution in [3.8, 4) is 11.8 Å². The van der Waals surface area contributed by atoms with Crippen molar-refractivity contribution >= 4 is 11.3 Å². The van der Waals surface area contributed by atoms with Crippen molar-refractivity contribution < 1.29 is 4.74 Å². The first-order valence-electron chi connectivity index (χ1n) is 7.32. The van der Waals surface area contributed by atoms with Gasteiger partial charge < -0.3 is 9.64 Å². The monoisotopic (exact) mass is 306 g/mol. The topological polar surface area (TPSA) is 79.3 Å². The summed E-state index contributed by atoms with van der Waals surface area (Å²) in [4.78, 5) is 10.6. The highest BCUT2D eigenvalue weighted by Gasteiger charge is 2.31. The smallest absolute Gasteiger partial charge is 0.154 e. The average molecular weight is 306 g/mol. The Morgan fingerprint density at radius 3 is 2.96 bits per heavy atom. The summed E-state index contributed by atoms with van der Waals surface area (Å²) in [6.45, 7) is 3.47. The third kappa shape index (κ3) is 2.44. The lowest BCUT2D eigenvalue weighted by Gasteiger charge is -2.39.